The highest BCUT2D eigenvalue weighted by Gasteiger charge is 2.11. The van der Waals surface area contributed by atoms with Crippen LogP contribution in [-0.4, -0.2) is 16.3 Å². The molecule has 0 aliphatic carbocycles. The van der Waals surface area contributed by atoms with Crippen LogP contribution in [0.3, 0.4) is 0 Å². The fourth-order valence-electron chi connectivity index (χ4n) is 1.98. The van der Waals surface area contributed by atoms with Gasteiger partial charge in [0.25, 0.3) is 0 Å². The maximum Gasteiger partial charge on any atom is 0.165 e. The first-order valence-electron chi connectivity index (χ1n) is 7.32. The summed E-state index contributed by atoms with van der Waals surface area (Å²) in [6.07, 6.45) is 4.70. The van der Waals surface area contributed by atoms with Gasteiger partial charge in [-0.05, 0) is 32.9 Å². The second-order valence-corrected chi connectivity index (χ2v) is 5.66. The van der Waals surface area contributed by atoms with Crippen molar-refractivity contribution in [3.05, 3.63) is 41.2 Å². The maximum atomic E-state index is 6.28. The second kappa shape index (κ2) is 7.48. The molecule has 114 valence electrons. The van der Waals surface area contributed by atoms with E-state index in [1.54, 1.807) is 6.20 Å². The molecule has 0 aliphatic heterocycles. The summed E-state index contributed by atoms with van der Waals surface area (Å²) in [7, 11) is 0. The predicted molar refractivity (Wildman–Crippen MR) is 86.1 cm³/mol. The maximum absolute atomic E-state index is 6.28. The molecule has 21 heavy (non-hydrogen) atoms. The first kappa shape index (κ1) is 15.9. The lowest BCUT2D eigenvalue weighted by atomic mass is 10.2. The molecule has 0 amide bonds. The van der Waals surface area contributed by atoms with Gasteiger partial charge in [-0.25, -0.2) is 0 Å². The van der Waals surface area contributed by atoms with Crippen LogP contribution in [-0.2, 0) is 6.54 Å². The van der Waals surface area contributed by atoms with Crippen molar-refractivity contribution in [3.63, 3.8) is 0 Å². The number of aromatic nitrogens is 2. The van der Waals surface area contributed by atoms with Crippen LogP contribution in [0.25, 0.3) is 0 Å². The zero-order valence-corrected chi connectivity index (χ0v) is 13.5. The van der Waals surface area contributed by atoms with Gasteiger partial charge in [0.05, 0.1) is 17.4 Å². The Morgan fingerprint density at radius 2 is 2.19 bits per heavy atom. The summed E-state index contributed by atoms with van der Waals surface area (Å²) >= 11 is 6.28. The summed E-state index contributed by atoms with van der Waals surface area (Å²) in [5.41, 5.74) is 1.05. The van der Waals surface area contributed by atoms with Crippen molar-refractivity contribution in [1.29, 1.82) is 0 Å². The normalized spacial score (nSPS) is 11.1. The lowest BCUT2D eigenvalue weighted by Gasteiger charge is -2.12. The van der Waals surface area contributed by atoms with Crippen LogP contribution in [0.4, 0.5) is 0 Å². The number of hydrogen-bond donors (Lipinski definition) is 1. The van der Waals surface area contributed by atoms with Crippen LogP contribution in [0.5, 0.6) is 11.5 Å². The van der Waals surface area contributed by atoms with Crippen LogP contribution < -0.4 is 10.1 Å². The molecule has 1 N–H and O–H groups in total. The van der Waals surface area contributed by atoms with Crippen molar-refractivity contribution in [2.45, 2.75) is 39.8 Å². The molecule has 1 heterocycles. The topological polar surface area (TPSA) is 39.1 Å². The van der Waals surface area contributed by atoms with E-state index in [9.17, 15) is 0 Å². The molecule has 0 saturated heterocycles. The molecule has 0 atom stereocenters. The monoisotopic (exact) mass is 307 g/mol. The van der Waals surface area contributed by atoms with Gasteiger partial charge in [0.1, 0.15) is 0 Å². The highest BCUT2D eigenvalue weighted by molar-refractivity contribution is 6.32. The number of halogens is 1. The minimum Gasteiger partial charge on any atom is -0.452 e. The fourth-order valence-corrected chi connectivity index (χ4v) is 2.21. The van der Waals surface area contributed by atoms with Crippen molar-refractivity contribution in [1.82, 2.24) is 15.1 Å². The van der Waals surface area contributed by atoms with Gasteiger partial charge in [-0.3, -0.25) is 4.68 Å². The van der Waals surface area contributed by atoms with E-state index in [0.717, 1.165) is 25.1 Å². The van der Waals surface area contributed by atoms with Crippen LogP contribution in [0, 0.1) is 0 Å². The van der Waals surface area contributed by atoms with Gasteiger partial charge in [-0.2, -0.15) is 5.10 Å². The molecule has 0 unspecified atom stereocenters. The van der Waals surface area contributed by atoms with Crippen molar-refractivity contribution in [2.24, 2.45) is 0 Å². The third-order valence-electron chi connectivity index (χ3n) is 3.12. The summed E-state index contributed by atoms with van der Waals surface area (Å²) < 4.78 is 7.81. The molecule has 0 bridgehead atoms. The third kappa shape index (κ3) is 4.22. The zero-order chi connectivity index (χ0) is 15.2. The first-order valence-corrected chi connectivity index (χ1v) is 7.69. The van der Waals surface area contributed by atoms with Crippen molar-refractivity contribution < 1.29 is 4.74 Å². The summed E-state index contributed by atoms with van der Waals surface area (Å²) in [6, 6.07) is 6.11. The number of benzene rings is 1. The van der Waals surface area contributed by atoms with Crippen molar-refractivity contribution >= 4 is 11.6 Å². The van der Waals surface area contributed by atoms with Gasteiger partial charge in [0, 0.05) is 18.2 Å². The van der Waals surface area contributed by atoms with Crippen molar-refractivity contribution in [3.8, 4) is 11.5 Å². The summed E-state index contributed by atoms with van der Waals surface area (Å²) in [5, 5.41) is 8.26. The molecule has 0 saturated carbocycles. The van der Waals surface area contributed by atoms with E-state index in [1.165, 1.54) is 0 Å². The first-order chi connectivity index (χ1) is 10.1. The minimum absolute atomic E-state index is 0.305. The fraction of sp³-hybridized carbons (Fsp3) is 0.438. The molecule has 5 heteroatoms. The Hall–Kier alpha value is -1.52. The molecule has 2 aromatic rings. The summed E-state index contributed by atoms with van der Waals surface area (Å²) in [5.74, 6) is 1.40. The number of nitrogens with one attached hydrogen (secondary N) is 1. The van der Waals surface area contributed by atoms with E-state index in [0.29, 0.717) is 22.6 Å². The van der Waals surface area contributed by atoms with Crippen molar-refractivity contribution in [2.75, 3.05) is 6.54 Å². The predicted octanol–water partition coefficient (Wildman–Crippen LogP) is 4.41. The Morgan fingerprint density at radius 1 is 1.38 bits per heavy atom. The molecule has 2 rings (SSSR count). The highest BCUT2D eigenvalue weighted by atomic mass is 35.5. The summed E-state index contributed by atoms with van der Waals surface area (Å²) in [4.78, 5) is 0. The van der Waals surface area contributed by atoms with Crippen LogP contribution >= 0.6 is 11.6 Å². The number of hydrogen-bond acceptors (Lipinski definition) is 3. The third-order valence-corrected chi connectivity index (χ3v) is 3.42. The SMILES string of the molecule is CCCNCc1cccc(Cl)c1Oc1cnn(C(C)C)c1. The number of rotatable bonds is 7. The Morgan fingerprint density at radius 3 is 2.86 bits per heavy atom. The molecule has 4 nitrogen and oxygen atoms in total. The average Bonchev–Trinajstić information content (AvgIpc) is 2.91. The van der Waals surface area contributed by atoms with E-state index < -0.39 is 0 Å². The van der Waals surface area contributed by atoms with E-state index in [-0.39, 0.29) is 0 Å². The van der Waals surface area contributed by atoms with Gasteiger partial charge in [-0.1, -0.05) is 30.7 Å². The number of ether oxygens (including phenoxy) is 1. The van der Waals surface area contributed by atoms with Crippen LogP contribution in [0.15, 0.2) is 30.6 Å². The van der Waals surface area contributed by atoms with Gasteiger partial charge in [0.15, 0.2) is 11.5 Å². The summed E-state index contributed by atoms with van der Waals surface area (Å²) in [6.45, 7) is 8.00. The zero-order valence-electron chi connectivity index (χ0n) is 12.8. The molecule has 0 aliphatic rings. The molecular formula is C16H22ClN3O. The van der Waals surface area contributed by atoms with E-state index in [1.807, 2.05) is 29.1 Å². The van der Waals surface area contributed by atoms with Gasteiger partial charge >= 0.3 is 0 Å². The Balaban J connectivity index is 2.17. The Bertz CT molecular complexity index is 581. The largest absolute Gasteiger partial charge is 0.452 e. The van der Waals surface area contributed by atoms with E-state index in [2.05, 4.69) is 31.2 Å². The van der Waals surface area contributed by atoms with Crippen LogP contribution in [0.1, 0.15) is 38.8 Å². The lowest BCUT2D eigenvalue weighted by Crippen LogP contribution is -2.14. The molecule has 1 aromatic carbocycles. The average molecular weight is 308 g/mol. The lowest BCUT2D eigenvalue weighted by molar-refractivity contribution is 0.468. The molecule has 1 aromatic heterocycles. The van der Waals surface area contributed by atoms with E-state index >= 15 is 0 Å². The highest BCUT2D eigenvalue weighted by Crippen LogP contribution is 2.33. The minimum atomic E-state index is 0.305. The molecular weight excluding hydrogens is 286 g/mol. The van der Waals surface area contributed by atoms with E-state index in [4.69, 9.17) is 16.3 Å². The van der Waals surface area contributed by atoms with Crippen LogP contribution in [0.2, 0.25) is 5.02 Å². The smallest absolute Gasteiger partial charge is 0.165 e. The molecule has 0 radical (unpaired) electrons. The quantitative estimate of drug-likeness (QED) is 0.770. The number of nitrogens with zero attached hydrogens (tertiary/aromatic N) is 2. The van der Waals surface area contributed by atoms with Gasteiger partial charge < -0.3 is 10.1 Å². The second-order valence-electron chi connectivity index (χ2n) is 5.26. The Kier molecular flexibility index (Phi) is 5.65. The number of para-hydroxylation sites is 1. The van der Waals surface area contributed by atoms with Gasteiger partial charge in [-0.15, -0.1) is 0 Å². The molecule has 0 fully saturated rings. The van der Waals surface area contributed by atoms with Gasteiger partial charge in [0.2, 0.25) is 0 Å². The Labute approximate surface area is 131 Å². The molecule has 0 spiro atoms. The standard InChI is InChI=1S/C16H22ClN3O/c1-4-8-18-9-13-6-5-7-15(17)16(13)21-14-10-19-20(11-14)12(2)3/h5-7,10-12,18H,4,8-9H2,1-3H3.